The number of anilines is 1. The highest BCUT2D eigenvalue weighted by molar-refractivity contribution is 7.13. The summed E-state index contributed by atoms with van der Waals surface area (Å²) in [6.45, 7) is 7.44. The molecule has 0 aliphatic heterocycles. The van der Waals surface area contributed by atoms with Crippen molar-refractivity contribution in [1.82, 2.24) is 15.0 Å². The predicted octanol–water partition coefficient (Wildman–Crippen LogP) is 3.13. The number of rotatable bonds is 6. The van der Waals surface area contributed by atoms with Crippen LogP contribution in [0.1, 0.15) is 25.8 Å². The van der Waals surface area contributed by atoms with Gasteiger partial charge in [0, 0.05) is 6.54 Å². The van der Waals surface area contributed by atoms with Gasteiger partial charge in [0.15, 0.2) is 5.82 Å². The summed E-state index contributed by atoms with van der Waals surface area (Å²) in [7, 11) is 0. The van der Waals surface area contributed by atoms with Crippen molar-refractivity contribution >= 4 is 17.3 Å². The van der Waals surface area contributed by atoms with Crippen LogP contribution in [0.2, 0.25) is 0 Å². The van der Waals surface area contributed by atoms with Gasteiger partial charge < -0.3 is 10.1 Å². The van der Waals surface area contributed by atoms with E-state index in [0.29, 0.717) is 24.4 Å². The summed E-state index contributed by atoms with van der Waals surface area (Å²) in [6.07, 6.45) is 1.02. The minimum absolute atomic E-state index is 0.374. The van der Waals surface area contributed by atoms with E-state index in [1.165, 1.54) is 5.56 Å². The van der Waals surface area contributed by atoms with E-state index in [1.807, 2.05) is 12.3 Å². The van der Waals surface area contributed by atoms with Crippen molar-refractivity contribution in [3.63, 3.8) is 0 Å². The van der Waals surface area contributed by atoms with E-state index in [4.69, 9.17) is 4.74 Å². The van der Waals surface area contributed by atoms with E-state index in [9.17, 15) is 0 Å². The number of ether oxygens (including phenoxy) is 1. The summed E-state index contributed by atoms with van der Waals surface area (Å²) in [5.41, 5.74) is 1.17. The molecule has 0 unspecified atom stereocenters. The zero-order valence-electron chi connectivity index (χ0n) is 11.4. The summed E-state index contributed by atoms with van der Waals surface area (Å²) < 4.78 is 5.41. The maximum atomic E-state index is 5.41. The van der Waals surface area contributed by atoms with Gasteiger partial charge in [-0.25, -0.2) is 0 Å². The van der Waals surface area contributed by atoms with Gasteiger partial charge in [0.05, 0.1) is 11.5 Å². The second-order valence-corrected chi connectivity index (χ2v) is 4.97. The first kappa shape index (κ1) is 13.7. The first-order chi connectivity index (χ1) is 9.24. The van der Waals surface area contributed by atoms with Gasteiger partial charge in [-0.3, -0.25) is 0 Å². The molecule has 0 aliphatic carbocycles. The van der Waals surface area contributed by atoms with Crippen LogP contribution in [-0.4, -0.2) is 28.1 Å². The normalized spacial score (nSPS) is 10.5. The number of nitrogens with one attached hydrogen (secondary N) is 1. The van der Waals surface area contributed by atoms with Crippen molar-refractivity contribution in [2.75, 3.05) is 18.5 Å². The Morgan fingerprint density at radius 1 is 1.26 bits per heavy atom. The standard InChI is InChI=1S/C13H18N4OS/c1-4-7-14-12-15-11(10-9(3)6-8-19-10)16-13(17-12)18-5-2/h6,8H,4-5,7H2,1-3H3,(H,14,15,16,17). The Balaban J connectivity index is 2.36. The second kappa shape index (κ2) is 6.47. The van der Waals surface area contributed by atoms with Crippen LogP contribution in [0.5, 0.6) is 6.01 Å². The van der Waals surface area contributed by atoms with Crippen molar-refractivity contribution in [2.24, 2.45) is 0 Å². The van der Waals surface area contributed by atoms with Crippen LogP contribution >= 0.6 is 11.3 Å². The Kier molecular flexibility index (Phi) is 4.68. The molecular formula is C13H18N4OS. The number of nitrogens with zero attached hydrogens (tertiary/aromatic N) is 3. The lowest BCUT2D eigenvalue weighted by Gasteiger charge is -2.08. The predicted molar refractivity (Wildman–Crippen MR) is 77.8 cm³/mol. The molecule has 0 aromatic carbocycles. The van der Waals surface area contributed by atoms with Crippen LogP contribution in [0.15, 0.2) is 11.4 Å². The molecule has 0 radical (unpaired) electrons. The average Bonchev–Trinajstić information content (AvgIpc) is 2.83. The van der Waals surface area contributed by atoms with Gasteiger partial charge in [-0.2, -0.15) is 15.0 Å². The van der Waals surface area contributed by atoms with Crippen molar-refractivity contribution in [2.45, 2.75) is 27.2 Å². The van der Waals surface area contributed by atoms with Gasteiger partial charge in [-0.05, 0) is 37.3 Å². The molecule has 102 valence electrons. The molecule has 2 aromatic rings. The molecule has 0 atom stereocenters. The molecule has 1 N–H and O–H groups in total. The molecule has 0 spiro atoms. The van der Waals surface area contributed by atoms with E-state index in [0.717, 1.165) is 17.8 Å². The molecule has 0 fully saturated rings. The number of aromatic nitrogens is 3. The third kappa shape index (κ3) is 3.41. The van der Waals surface area contributed by atoms with E-state index in [1.54, 1.807) is 11.3 Å². The molecule has 0 saturated heterocycles. The second-order valence-electron chi connectivity index (χ2n) is 4.06. The summed E-state index contributed by atoms with van der Waals surface area (Å²) in [5.74, 6) is 1.24. The fraction of sp³-hybridized carbons (Fsp3) is 0.462. The van der Waals surface area contributed by atoms with Gasteiger partial charge in [0.1, 0.15) is 0 Å². The van der Waals surface area contributed by atoms with Gasteiger partial charge in [0.2, 0.25) is 5.95 Å². The Hall–Kier alpha value is -1.69. The molecule has 2 heterocycles. The highest BCUT2D eigenvalue weighted by Gasteiger charge is 2.12. The maximum absolute atomic E-state index is 5.41. The monoisotopic (exact) mass is 278 g/mol. The molecule has 0 aliphatic rings. The quantitative estimate of drug-likeness (QED) is 0.879. The number of aryl methyl sites for hydroxylation is 1. The van der Waals surface area contributed by atoms with Crippen LogP contribution in [0, 0.1) is 6.92 Å². The van der Waals surface area contributed by atoms with E-state index >= 15 is 0 Å². The number of hydrogen-bond acceptors (Lipinski definition) is 6. The van der Waals surface area contributed by atoms with E-state index in [-0.39, 0.29) is 0 Å². The highest BCUT2D eigenvalue weighted by atomic mass is 32.1. The van der Waals surface area contributed by atoms with Crippen LogP contribution < -0.4 is 10.1 Å². The minimum Gasteiger partial charge on any atom is -0.464 e. The largest absolute Gasteiger partial charge is 0.464 e. The smallest absolute Gasteiger partial charge is 0.321 e. The van der Waals surface area contributed by atoms with Crippen LogP contribution in [0.3, 0.4) is 0 Å². The third-order valence-electron chi connectivity index (χ3n) is 2.49. The van der Waals surface area contributed by atoms with Gasteiger partial charge in [-0.1, -0.05) is 6.92 Å². The summed E-state index contributed by atoms with van der Waals surface area (Å²) in [4.78, 5) is 14.1. The SMILES string of the molecule is CCCNc1nc(OCC)nc(-c2sccc2C)n1. The minimum atomic E-state index is 0.374. The summed E-state index contributed by atoms with van der Waals surface area (Å²) >= 11 is 1.63. The fourth-order valence-electron chi connectivity index (χ4n) is 1.57. The van der Waals surface area contributed by atoms with Crippen LogP contribution in [0.4, 0.5) is 5.95 Å². The highest BCUT2D eigenvalue weighted by Crippen LogP contribution is 2.27. The fourth-order valence-corrected chi connectivity index (χ4v) is 2.43. The third-order valence-corrected chi connectivity index (χ3v) is 3.50. The average molecular weight is 278 g/mol. The Bertz CT molecular complexity index is 541. The van der Waals surface area contributed by atoms with Gasteiger partial charge in [-0.15, -0.1) is 11.3 Å². The van der Waals surface area contributed by atoms with Crippen molar-refractivity contribution in [3.8, 4) is 16.7 Å². The summed E-state index contributed by atoms with van der Waals surface area (Å²) in [6, 6.07) is 2.43. The van der Waals surface area contributed by atoms with Crippen molar-refractivity contribution in [3.05, 3.63) is 17.0 Å². The van der Waals surface area contributed by atoms with Crippen molar-refractivity contribution < 1.29 is 4.74 Å². The Morgan fingerprint density at radius 2 is 2.11 bits per heavy atom. The first-order valence-electron chi connectivity index (χ1n) is 6.41. The summed E-state index contributed by atoms with van der Waals surface area (Å²) in [5, 5.41) is 5.21. The molecule has 5 nitrogen and oxygen atoms in total. The topological polar surface area (TPSA) is 59.9 Å². The lowest BCUT2D eigenvalue weighted by Crippen LogP contribution is -2.08. The van der Waals surface area contributed by atoms with Crippen LogP contribution in [-0.2, 0) is 0 Å². The number of thiophene rings is 1. The van der Waals surface area contributed by atoms with E-state index < -0.39 is 0 Å². The number of hydrogen-bond donors (Lipinski definition) is 1. The lowest BCUT2D eigenvalue weighted by molar-refractivity contribution is 0.312. The van der Waals surface area contributed by atoms with Gasteiger partial charge >= 0.3 is 6.01 Å². The molecule has 2 rings (SSSR count). The van der Waals surface area contributed by atoms with Crippen LogP contribution in [0.25, 0.3) is 10.7 Å². The maximum Gasteiger partial charge on any atom is 0.321 e. The van der Waals surface area contributed by atoms with Gasteiger partial charge in [0.25, 0.3) is 0 Å². The first-order valence-corrected chi connectivity index (χ1v) is 7.29. The zero-order valence-corrected chi connectivity index (χ0v) is 12.3. The zero-order chi connectivity index (χ0) is 13.7. The molecule has 0 saturated carbocycles. The molecule has 6 heteroatoms. The lowest BCUT2D eigenvalue weighted by atomic mass is 10.3. The Labute approximate surface area is 117 Å². The van der Waals surface area contributed by atoms with Crippen molar-refractivity contribution in [1.29, 1.82) is 0 Å². The van der Waals surface area contributed by atoms with E-state index in [2.05, 4.69) is 40.2 Å². The molecule has 0 amide bonds. The molecular weight excluding hydrogens is 260 g/mol. The molecule has 0 bridgehead atoms. The molecule has 19 heavy (non-hydrogen) atoms. The molecule has 2 aromatic heterocycles. The Morgan fingerprint density at radius 3 is 2.74 bits per heavy atom.